The number of carboxylic acids is 1. The average molecular weight is 399 g/mol. The number of benzene rings is 1. The van der Waals surface area contributed by atoms with E-state index in [0.717, 1.165) is 12.8 Å². The molecule has 1 aliphatic heterocycles. The van der Waals surface area contributed by atoms with E-state index in [-0.39, 0.29) is 34.9 Å². The molecule has 10 heteroatoms. The van der Waals surface area contributed by atoms with Crippen LogP contribution in [-0.2, 0) is 9.59 Å². The van der Waals surface area contributed by atoms with Gasteiger partial charge in [0.1, 0.15) is 0 Å². The van der Waals surface area contributed by atoms with Crippen LogP contribution >= 0.6 is 11.6 Å². The fraction of sp³-hybridized carbons (Fsp3) is 0.529. The molecule has 1 aliphatic rings. The number of hydrogen-bond donors (Lipinski definition) is 2. The van der Waals surface area contributed by atoms with Gasteiger partial charge in [0, 0.05) is 31.3 Å². The number of carbonyl (C=O) groups excluding carboxylic acids is 1. The maximum absolute atomic E-state index is 12.5. The topological polar surface area (TPSA) is 116 Å². The number of nitrogens with one attached hydrogen (secondary N) is 1. The first kappa shape index (κ1) is 21.1. The number of non-ortho nitro benzene ring substituents is 1. The highest BCUT2D eigenvalue weighted by molar-refractivity contribution is 6.33. The molecule has 0 aromatic heterocycles. The molecule has 0 aliphatic carbocycles. The number of nitro groups is 1. The maximum Gasteiger partial charge on any atom is 0.317 e. The number of piperidine rings is 1. The summed E-state index contributed by atoms with van der Waals surface area (Å²) in [5.74, 6) is -1.16. The summed E-state index contributed by atoms with van der Waals surface area (Å²) >= 11 is 6.03. The zero-order valence-electron chi connectivity index (χ0n) is 15.2. The highest BCUT2D eigenvalue weighted by atomic mass is 35.5. The number of amides is 1. The van der Waals surface area contributed by atoms with Gasteiger partial charge in [0.15, 0.2) is 0 Å². The van der Waals surface area contributed by atoms with Crippen molar-refractivity contribution in [2.45, 2.75) is 31.8 Å². The zero-order valence-corrected chi connectivity index (χ0v) is 16.0. The lowest BCUT2D eigenvalue weighted by Crippen LogP contribution is -2.50. The monoisotopic (exact) mass is 398 g/mol. The summed E-state index contributed by atoms with van der Waals surface area (Å²) in [6, 6.07) is 3.62. The molecule has 1 saturated heterocycles. The molecule has 2 rings (SSSR count). The Hall–Kier alpha value is -2.23. The molecule has 9 nitrogen and oxygen atoms in total. The van der Waals surface area contributed by atoms with Crippen LogP contribution in [0.25, 0.3) is 0 Å². The number of halogens is 1. The number of carbonyl (C=O) groups is 2. The summed E-state index contributed by atoms with van der Waals surface area (Å²) in [4.78, 5) is 37.5. The van der Waals surface area contributed by atoms with Gasteiger partial charge in [-0.2, -0.15) is 0 Å². The van der Waals surface area contributed by atoms with E-state index in [1.807, 2.05) is 9.80 Å². The first-order chi connectivity index (χ1) is 12.7. The predicted octanol–water partition coefficient (Wildman–Crippen LogP) is 2.06. The Morgan fingerprint density at radius 1 is 1.44 bits per heavy atom. The summed E-state index contributed by atoms with van der Waals surface area (Å²) in [5.41, 5.74) is 0.0587. The Balaban J connectivity index is 1.94. The zero-order chi connectivity index (χ0) is 20.1. The van der Waals surface area contributed by atoms with Crippen molar-refractivity contribution in [1.82, 2.24) is 9.80 Å². The molecular formula is C17H23ClN4O5. The lowest BCUT2D eigenvalue weighted by Gasteiger charge is -2.38. The van der Waals surface area contributed by atoms with Gasteiger partial charge in [0.05, 0.1) is 28.2 Å². The number of likely N-dealkylation sites (tertiary alicyclic amines) is 1. The first-order valence-electron chi connectivity index (χ1n) is 8.60. The van der Waals surface area contributed by atoms with Crippen LogP contribution in [0.4, 0.5) is 11.4 Å². The fourth-order valence-electron chi connectivity index (χ4n) is 3.18. The summed E-state index contributed by atoms with van der Waals surface area (Å²) < 4.78 is 0. The quantitative estimate of drug-likeness (QED) is 0.533. The van der Waals surface area contributed by atoms with Gasteiger partial charge in [-0.05, 0) is 32.9 Å². The molecule has 1 fully saturated rings. The molecule has 148 valence electrons. The average Bonchev–Trinajstić information content (AvgIpc) is 2.62. The normalized spacial score (nSPS) is 16.9. The van der Waals surface area contributed by atoms with Crippen molar-refractivity contribution in [3.05, 3.63) is 33.3 Å². The lowest BCUT2D eigenvalue weighted by atomic mass is 10.0. The van der Waals surface area contributed by atoms with Gasteiger partial charge in [-0.25, -0.2) is 0 Å². The van der Waals surface area contributed by atoms with Crippen molar-refractivity contribution in [1.29, 1.82) is 0 Å². The predicted molar refractivity (Wildman–Crippen MR) is 101 cm³/mol. The SMILES string of the molecule is CC(C(=O)Nc1cc([N+](=O)[O-])ccc1Cl)N1CCC(N(C)CC(=O)O)CC1. The third-order valence-electron chi connectivity index (χ3n) is 4.85. The summed E-state index contributed by atoms with van der Waals surface area (Å²) in [6.07, 6.45) is 1.53. The number of nitrogens with zero attached hydrogens (tertiary/aromatic N) is 3. The molecule has 0 saturated carbocycles. The summed E-state index contributed by atoms with van der Waals surface area (Å²) in [6.45, 7) is 3.08. The number of anilines is 1. The van der Waals surface area contributed by atoms with Gasteiger partial charge >= 0.3 is 5.97 Å². The number of nitro benzene ring substituents is 1. The van der Waals surface area contributed by atoms with Crippen LogP contribution in [-0.4, -0.2) is 70.5 Å². The Morgan fingerprint density at radius 3 is 2.63 bits per heavy atom. The molecule has 27 heavy (non-hydrogen) atoms. The van der Waals surface area contributed by atoms with Gasteiger partial charge in [-0.15, -0.1) is 0 Å². The minimum Gasteiger partial charge on any atom is -0.480 e. The van der Waals surface area contributed by atoms with Crippen molar-refractivity contribution in [2.75, 3.05) is 32.0 Å². The standard InChI is InChI=1S/C17H23ClN4O5/c1-11(21-7-5-12(6-8-21)20(2)10-16(23)24)17(25)19-15-9-13(22(26)27)3-4-14(15)18/h3-4,9,11-12H,5-8,10H2,1-2H3,(H,19,25)(H,23,24). The molecule has 1 amide bonds. The molecule has 0 bridgehead atoms. The lowest BCUT2D eigenvalue weighted by molar-refractivity contribution is -0.384. The smallest absolute Gasteiger partial charge is 0.317 e. The van der Waals surface area contributed by atoms with Crippen molar-refractivity contribution in [3.8, 4) is 0 Å². The minimum atomic E-state index is -0.860. The van der Waals surface area contributed by atoms with E-state index in [0.29, 0.717) is 13.1 Å². The van der Waals surface area contributed by atoms with Crippen molar-refractivity contribution in [3.63, 3.8) is 0 Å². The van der Waals surface area contributed by atoms with Crippen LogP contribution in [0.3, 0.4) is 0 Å². The van der Waals surface area contributed by atoms with E-state index >= 15 is 0 Å². The number of aliphatic carboxylic acids is 1. The minimum absolute atomic E-state index is 0.00794. The van der Waals surface area contributed by atoms with Gasteiger partial charge in [-0.1, -0.05) is 11.6 Å². The Kier molecular flexibility index (Phi) is 7.11. The van der Waals surface area contributed by atoms with Gasteiger partial charge in [-0.3, -0.25) is 29.5 Å². The van der Waals surface area contributed by atoms with E-state index in [2.05, 4.69) is 5.32 Å². The highest BCUT2D eigenvalue weighted by Gasteiger charge is 2.29. The fourth-order valence-corrected chi connectivity index (χ4v) is 3.35. The Bertz CT molecular complexity index is 721. The molecule has 1 heterocycles. The van der Waals surface area contributed by atoms with Gasteiger partial charge < -0.3 is 10.4 Å². The molecule has 0 spiro atoms. The van der Waals surface area contributed by atoms with Gasteiger partial charge in [0.2, 0.25) is 5.91 Å². The molecule has 0 radical (unpaired) electrons. The third-order valence-corrected chi connectivity index (χ3v) is 5.18. The van der Waals surface area contributed by atoms with E-state index in [9.17, 15) is 19.7 Å². The molecular weight excluding hydrogens is 376 g/mol. The second kappa shape index (κ2) is 9.12. The largest absolute Gasteiger partial charge is 0.480 e. The van der Waals surface area contributed by atoms with Crippen LogP contribution in [0.5, 0.6) is 0 Å². The number of rotatable bonds is 7. The van der Waals surface area contributed by atoms with Crippen LogP contribution < -0.4 is 5.32 Å². The van der Waals surface area contributed by atoms with Gasteiger partial charge in [0.25, 0.3) is 5.69 Å². The molecule has 2 N–H and O–H groups in total. The third kappa shape index (κ3) is 5.62. The first-order valence-corrected chi connectivity index (χ1v) is 8.97. The summed E-state index contributed by atoms with van der Waals surface area (Å²) in [5, 5.41) is 22.7. The van der Waals surface area contributed by atoms with Crippen molar-refractivity contribution >= 4 is 34.9 Å². The number of likely N-dealkylation sites (N-methyl/N-ethyl adjacent to an activating group) is 1. The van der Waals surface area contributed by atoms with E-state index in [4.69, 9.17) is 16.7 Å². The highest BCUT2D eigenvalue weighted by Crippen LogP contribution is 2.27. The van der Waals surface area contributed by atoms with Crippen LogP contribution in [0.15, 0.2) is 18.2 Å². The Morgan fingerprint density at radius 2 is 2.07 bits per heavy atom. The van der Waals surface area contributed by atoms with Crippen molar-refractivity contribution in [2.24, 2.45) is 0 Å². The number of hydrogen-bond acceptors (Lipinski definition) is 6. The van der Waals surface area contributed by atoms with E-state index in [1.165, 1.54) is 18.2 Å². The van der Waals surface area contributed by atoms with E-state index < -0.39 is 16.9 Å². The molecule has 1 aromatic rings. The molecule has 1 atom stereocenters. The maximum atomic E-state index is 12.5. The van der Waals surface area contributed by atoms with Crippen LogP contribution in [0.2, 0.25) is 5.02 Å². The number of carboxylic acid groups (broad SMARTS) is 1. The van der Waals surface area contributed by atoms with E-state index in [1.54, 1.807) is 14.0 Å². The van der Waals surface area contributed by atoms with Crippen LogP contribution in [0, 0.1) is 10.1 Å². The molecule has 1 unspecified atom stereocenters. The second-order valence-electron chi connectivity index (χ2n) is 6.66. The van der Waals surface area contributed by atoms with Crippen molar-refractivity contribution < 1.29 is 19.6 Å². The second-order valence-corrected chi connectivity index (χ2v) is 7.07. The Labute approximate surface area is 162 Å². The van der Waals surface area contributed by atoms with Crippen LogP contribution in [0.1, 0.15) is 19.8 Å². The summed E-state index contributed by atoms with van der Waals surface area (Å²) in [7, 11) is 1.79. The molecule has 1 aromatic carbocycles.